The topological polar surface area (TPSA) is 73.1 Å². The van der Waals surface area contributed by atoms with Gasteiger partial charge < -0.3 is 15.8 Å². The summed E-state index contributed by atoms with van der Waals surface area (Å²) in [5.41, 5.74) is 8.26. The van der Waals surface area contributed by atoms with Crippen LogP contribution >= 0.6 is 11.6 Å². The van der Waals surface area contributed by atoms with Crippen molar-refractivity contribution in [1.82, 2.24) is 9.97 Å². The van der Waals surface area contributed by atoms with E-state index in [2.05, 4.69) is 5.32 Å². The summed E-state index contributed by atoms with van der Waals surface area (Å²) in [5.74, 6) is 2.22. The van der Waals surface area contributed by atoms with E-state index in [1.165, 1.54) is 12.8 Å². The summed E-state index contributed by atoms with van der Waals surface area (Å²) in [6.45, 7) is 0. The van der Waals surface area contributed by atoms with E-state index in [4.69, 9.17) is 32.0 Å². The van der Waals surface area contributed by atoms with Gasteiger partial charge in [-0.15, -0.1) is 0 Å². The average molecular weight is 409 g/mol. The predicted molar refractivity (Wildman–Crippen MR) is 120 cm³/mol. The summed E-state index contributed by atoms with van der Waals surface area (Å²) in [4.78, 5) is 9.50. The number of methoxy groups -OCH3 is 1. The van der Waals surface area contributed by atoms with E-state index < -0.39 is 0 Å². The standard InChI is InChI=1S/C23H25ClN4O/c1-29-17-11-12-20-18(14-17)23(27-21-5-3-2-4-19(21)25)28-22(26-20)13-8-15-6-9-16(24)10-7-15/h6-14,19,21H,2-5,25H2,1H3,(H,26,27,28)/b13-8-. The van der Waals surface area contributed by atoms with Crippen LogP contribution in [-0.2, 0) is 0 Å². The number of halogens is 1. The Labute approximate surface area is 176 Å². The summed E-state index contributed by atoms with van der Waals surface area (Å²) in [5, 5.41) is 5.24. The number of rotatable bonds is 5. The maximum Gasteiger partial charge on any atom is 0.154 e. The molecule has 5 nitrogen and oxygen atoms in total. The molecule has 1 aromatic heterocycles. The number of nitrogens with one attached hydrogen (secondary N) is 1. The Morgan fingerprint density at radius 2 is 1.86 bits per heavy atom. The summed E-state index contributed by atoms with van der Waals surface area (Å²) in [6, 6.07) is 13.8. The maximum absolute atomic E-state index is 6.36. The largest absolute Gasteiger partial charge is 0.497 e. The molecule has 2 aromatic carbocycles. The van der Waals surface area contributed by atoms with E-state index in [-0.39, 0.29) is 12.1 Å². The second-order valence-corrected chi connectivity index (χ2v) is 7.83. The van der Waals surface area contributed by atoms with Gasteiger partial charge in [0.15, 0.2) is 5.82 Å². The summed E-state index contributed by atoms with van der Waals surface area (Å²) in [7, 11) is 1.66. The number of ether oxygens (including phenoxy) is 1. The minimum atomic E-state index is 0.132. The van der Waals surface area contributed by atoms with Gasteiger partial charge in [0, 0.05) is 22.5 Å². The number of hydrogen-bond acceptors (Lipinski definition) is 5. The molecule has 2 unspecified atom stereocenters. The molecule has 2 atom stereocenters. The zero-order valence-electron chi connectivity index (χ0n) is 16.4. The first-order valence-electron chi connectivity index (χ1n) is 9.94. The van der Waals surface area contributed by atoms with Crippen molar-refractivity contribution in [2.75, 3.05) is 12.4 Å². The second kappa shape index (κ2) is 8.80. The first-order chi connectivity index (χ1) is 14.1. The van der Waals surface area contributed by atoms with Crippen molar-refractivity contribution in [3.8, 4) is 5.75 Å². The van der Waals surface area contributed by atoms with Crippen molar-refractivity contribution in [3.05, 3.63) is 58.9 Å². The Kier molecular flexibility index (Phi) is 5.97. The molecule has 0 aliphatic heterocycles. The molecular weight excluding hydrogens is 384 g/mol. The van der Waals surface area contributed by atoms with Crippen molar-refractivity contribution in [2.24, 2.45) is 5.73 Å². The Morgan fingerprint density at radius 3 is 2.62 bits per heavy atom. The van der Waals surface area contributed by atoms with Crippen LogP contribution in [0.3, 0.4) is 0 Å². The smallest absolute Gasteiger partial charge is 0.154 e. The van der Waals surface area contributed by atoms with E-state index in [0.717, 1.165) is 40.9 Å². The Bertz CT molecular complexity index is 1020. The van der Waals surface area contributed by atoms with Crippen molar-refractivity contribution in [3.63, 3.8) is 0 Å². The highest BCUT2D eigenvalue weighted by Crippen LogP contribution is 2.28. The Balaban J connectivity index is 1.70. The van der Waals surface area contributed by atoms with Gasteiger partial charge in [0.05, 0.1) is 12.6 Å². The SMILES string of the molecule is COc1ccc2nc(/C=C\c3ccc(Cl)cc3)nc(NC3CCCCC3N)c2c1. The molecule has 0 spiro atoms. The molecule has 1 heterocycles. The van der Waals surface area contributed by atoms with Gasteiger partial charge in [-0.05, 0) is 54.8 Å². The predicted octanol–water partition coefficient (Wildman–Crippen LogP) is 5.14. The van der Waals surface area contributed by atoms with Crippen molar-refractivity contribution in [1.29, 1.82) is 0 Å². The molecule has 3 aromatic rings. The number of anilines is 1. The molecule has 4 rings (SSSR count). The molecule has 0 amide bonds. The summed E-state index contributed by atoms with van der Waals surface area (Å²) >= 11 is 5.97. The van der Waals surface area contributed by atoms with Gasteiger partial charge in [-0.1, -0.05) is 42.7 Å². The first-order valence-corrected chi connectivity index (χ1v) is 10.3. The maximum atomic E-state index is 6.36. The normalized spacial score (nSPS) is 19.6. The lowest BCUT2D eigenvalue weighted by molar-refractivity contribution is 0.403. The molecule has 0 radical (unpaired) electrons. The third-order valence-electron chi connectivity index (χ3n) is 5.36. The molecule has 1 aliphatic carbocycles. The monoisotopic (exact) mass is 408 g/mol. The highest BCUT2D eigenvalue weighted by Gasteiger charge is 2.23. The fourth-order valence-corrected chi connectivity index (χ4v) is 3.82. The van der Waals surface area contributed by atoms with Crippen LogP contribution in [0.4, 0.5) is 5.82 Å². The fourth-order valence-electron chi connectivity index (χ4n) is 3.70. The van der Waals surface area contributed by atoms with Crippen LogP contribution in [0, 0.1) is 0 Å². The molecule has 3 N–H and O–H groups in total. The molecule has 150 valence electrons. The second-order valence-electron chi connectivity index (χ2n) is 7.40. The minimum Gasteiger partial charge on any atom is -0.497 e. The Morgan fingerprint density at radius 1 is 1.07 bits per heavy atom. The quantitative estimate of drug-likeness (QED) is 0.611. The van der Waals surface area contributed by atoms with E-state index >= 15 is 0 Å². The third-order valence-corrected chi connectivity index (χ3v) is 5.61. The van der Waals surface area contributed by atoms with Gasteiger partial charge in [-0.3, -0.25) is 0 Å². The van der Waals surface area contributed by atoms with Gasteiger partial charge in [-0.25, -0.2) is 9.97 Å². The lowest BCUT2D eigenvalue weighted by Crippen LogP contribution is -2.42. The van der Waals surface area contributed by atoms with Crippen molar-refractivity contribution >= 4 is 40.5 Å². The number of fused-ring (bicyclic) bond motifs is 1. The van der Waals surface area contributed by atoms with Crippen LogP contribution in [0.15, 0.2) is 42.5 Å². The van der Waals surface area contributed by atoms with Crippen LogP contribution in [0.5, 0.6) is 5.75 Å². The van der Waals surface area contributed by atoms with E-state index in [0.29, 0.717) is 10.8 Å². The number of benzene rings is 2. The van der Waals surface area contributed by atoms with Gasteiger partial charge in [0.1, 0.15) is 11.6 Å². The Hall–Kier alpha value is -2.63. The number of nitrogens with two attached hydrogens (primary N) is 1. The molecule has 6 heteroatoms. The van der Waals surface area contributed by atoms with E-state index in [9.17, 15) is 0 Å². The molecule has 29 heavy (non-hydrogen) atoms. The summed E-state index contributed by atoms with van der Waals surface area (Å²) < 4.78 is 5.40. The van der Waals surface area contributed by atoms with Gasteiger partial charge >= 0.3 is 0 Å². The number of aromatic nitrogens is 2. The molecule has 1 saturated carbocycles. The number of hydrogen-bond donors (Lipinski definition) is 2. The van der Waals surface area contributed by atoms with Crippen molar-refractivity contribution in [2.45, 2.75) is 37.8 Å². The van der Waals surface area contributed by atoms with Crippen LogP contribution in [0.1, 0.15) is 37.1 Å². The van der Waals surface area contributed by atoms with Crippen LogP contribution in [0.2, 0.25) is 5.02 Å². The highest BCUT2D eigenvalue weighted by molar-refractivity contribution is 6.30. The van der Waals surface area contributed by atoms with Gasteiger partial charge in [-0.2, -0.15) is 0 Å². The lowest BCUT2D eigenvalue weighted by atomic mass is 9.91. The fraction of sp³-hybridized carbons (Fsp3) is 0.304. The molecule has 1 fully saturated rings. The molecule has 1 aliphatic rings. The van der Waals surface area contributed by atoms with Crippen LogP contribution in [-0.4, -0.2) is 29.2 Å². The van der Waals surface area contributed by atoms with Gasteiger partial charge in [0.25, 0.3) is 0 Å². The van der Waals surface area contributed by atoms with Crippen LogP contribution < -0.4 is 15.8 Å². The van der Waals surface area contributed by atoms with Crippen LogP contribution in [0.25, 0.3) is 23.1 Å². The third kappa shape index (κ3) is 4.69. The average Bonchev–Trinajstić information content (AvgIpc) is 2.74. The van der Waals surface area contributed by atoms with E-state index in [1.807, 2.05) is 54.6 Å². The number of nitrogens with zero attached hydrogens (tertiary/aromatic N) is 2. The zero-order valence-corrected chi connectivity index (χ0v) is 17.2. The van der Waals surface area contributed by atoms with Gasteiger partial charge in [0.2, 0.25) is 0 Å². The first kappa shape index (κ1) is 19.7. The van der Waals surface area contributed by atoms with E-state index in [1.54, 1.807) is 7.11 Å². The zero-order chi connectivity index (χ0) is 20.2. The van der Waals surface area contributed by atoms with Crippen molar-refractivity contribution < 1.29 is 4.74 Å². The molecule has 0 saturated heterocycles. The molecular formula is C23H25ClN4O. The minimum absolute atomic E-state index is 0.132. The summed E-state index contributed by atoms with van der Waals surface area (Å²) in [6.07, 6.45) is 8.35. The molecule has 0 bridgehead atoms. The lowest BCUT2D eigenvalue weighted by Gasteiger charge is -2.30. The highest BCUT2D eigenvalue weighted by atomic mass is 35.5.